The zero-order valence-corrected chi connectivity index (χ0v) is 15.8. The van der Waals surface area contributed by atoms with Crippen LogP contribution in [-0.2, 0) is 0 Å². The summed E-state index contributed by atoms with van der Waals surface area (Å²) >= 11 is 2.08. The van der Waals surface area contributed by atoms with Crippen molar-refractivity contribution < 1.29 is 20.1 Å². The van der Waals surface area contributed by atoms with E-state index >= 15 is 0 Å². The molecule has 1 aromatic rings. The highest BCUT2D eigenvalue weighted by molar-refractivity contribution is 14.1. The van der Waals surface area contributed by atoms with E-state index in [-0.39, 0.29) is 12.4 Å². The summed E-state index contributed by atoms with van der Waals surface area (Å²) in [5.41, 5.74) is 2.22. The molecule has 0 bridgehead atoms. The lowest BCUT2D eigenvalue weighted by molar-refractivity contribution is 0.211. The molecule has 0 fully saturated rings. The average Bonchev–Trinajstić information content (AvgIpc) is 2.53. The third-order valence-electron chi connectivity index (χ3n) is 3.44. The van der Waals surface area contributed by atoms with E-state index in [4.69, 9.17) is 9.84 Å². The van der Waals surface area contributed by atoms with Gasteiger partial charge in [-0.15, -0.1) is 0 Å². The minimum Gasteiger partial charge on any atom is -0.504 e. The molecule has 0 aliphatic carbocycles. The Morgan fingerprint density at radius 2 is 2.09 bits per heavy atom. The summed E-state index contributed by atoms with van der Waals surface area (Å²) in [6.07, 6.45) is 8.11. The molecule has 0 spiro atoms. The van der Waals surface area contributed by atoms with Gasteiger partial charge in [-0.05, 0) is 59.5 Å². The predicted molar refractivity (Wildman–Crippen MR) is 102 cm³/mol. The van der Waals surface area contributed by atoms with E-state index in [2.05, 4.69) is 35.6 Å². The van der Waals surface area contributed by atoms with Crippen molar-refractivity contribution >= 4 is 28.7 Å². The zero-order chi connectivity index (χ0) is 17.2. The Hall–Kier alpha value is -1.05. The Morgan fingerprint density at radius 1 is 1.35 bits per heavy atom. The maximum absolute atomic E-state index is 9.90. The highest BCUT2D eigenvalue weighted by atomic mass is 127. The molecule has 0 aliphatic rings. The van der Waals surface area contributed by atoms with E-state index in [1.165, 1.54) is 12.7 Å². The van der Waals surface area contributed by atoms with Gasteiger partial charge in [0, 0.05) is 0 Å². The van der Waals surface area contributed by atoms with Gasteiger partial charge in [-0.25, -0.2) is 0 Å². The lowest BCUT2D eigenvalue weighted by Crippen LogP contribution is -2.03. The van der Waals surface area contributed by atoms with Gasteiger partial charge in [0.05, 0.1) is 23.4 Å². The van der Waals surface area contributed by atoms with Crippen molar-refractivity contribution in [2.24, 2.45) is 0 Å². The third kappa shape index (κ3) is 6.93. The summed E-state index contributed by atoms with van der Waals surface area (Å²) in [6.45, 7) is 2.07. The lowest BCUT2D eigenvalue weighted by Gasteiger charge is -2.11. The fourth-order valence-corrected chi connectivity index (χ4v) is 2.93. The second-order valence-corrected chi connectivity index (χ2v) is 6.49. The molecule has 5 heteroatoms. The van der Waals surface area contributed by atoms with Gasteiger partial charge in [-0.2, -0.15) is 0 Å². The topological polar surface area (TPSA) is 69.9 Å². The van der Waals surface area contributed by atoms with Crippen molar-refractivity contribution in [1.82, 2.24) is 0 Å². The maximum Gasteiger partial charge on any atom is 0.171 e. The van der Waals surface area contributed by atoms with Crippen LogP contribution >= 0.6 is 22.6 Å². The molecule has 0 amide bonds. The SMILES string of the molecule is CCC/C(=C\c1cc(I)c(O)c(OC)c1)CC[C@@H](O)/C=C\CO. The fraction of sp³-hybridized carbons (Fsp3) is 0.444. The molecular formula is C18H25IO4. The maximum atomic E-state index is 9.90. The fourth-order valence-electron chi connectivity index (χ4n) is 2.31. The van der Waals surface area contributed by atoms with Crippen LogP contribution in [0.1, 0.15) is 38.2 Å². The number of aromatic hydroxyl groups is 1. The molecule has 1 atom stereocenters. The normalized spacial score (nSPS) is 13.5. The predicted octanol–water partition coefficient (Wildman–Crippen LogP) is 3.88. The van der Waals surface area contributed by atoms with Gasteiger partial charge in [0.25, 0.3) is 0 Å². The molecule has 3 N–H and O–H groups in total. The first-order valence-corrected chi connectivity index (χ1v) is 8.81. The Balaban J connectivity index is 2.90. The minimum absolute atomic E-state index is 0.0551. The van der Waals surface area contributed by atoms with Gasteiger partial charge in [0.2, 0.25) is 0 Å². The summed E-state index contributed by atoms with van der Waals surface area (Å²) < 4.78 is 5.94. The number of ether oxygens (including phenoxy) is 1. The first kappa shape index (κ1) is 20.0. The molecule has 0 aliphatic heterocycles. The molecule has 0 radical (unpaired) electrons. The molecule has 23 heavy (non-hydrogen) atoms. The van der Waals surface area contributed by atoms with Gasteiger partial charge in [-0.1, -0.05) is 37.1 Å². The summed E-state index contributed by atoms with van der Waals surface area (Å²) in [5.74, 6) is 0.622. The van der Waals surface area contributed by atoms with Crippen molar-refractivity contribution in [3.05, 3.63) is 39.0 Å². The lowest BCUT2D eigenvalue weighted by atomic mass is 9.99. The van der Waals surface area contributed by atoms with E-state index in [1.54, 1.807) is 12.2 Å². The van der Waals surface area contributed by atoms with Crippen LogP contribution in [0.5, 0.6) is 11.5 Å². The highest BCUT2D eigenvalue weighted by Gasteiger charge is 2.09. The molecule has 0 aromatic heterocycles. The number of aliphatic hydroxyl groups is 2. The number of halogens is 1. The van der Waals surface area contributed by atoms with E-state index in [1.807, 2.05) is 12.1 Å². The second-order valence-electron chi connectivity index (χ2n) is 5.32. The van der Waals surface area contributed by atoms with Crippen LogP contribution in [0.25, 0.3) is 6.08 Å². The summed E-state index contributed by atoms with van der Waals surface area (Å²) in [7, 11) is 1.54. The van der Waals surface area contributed by atoms with Gasteiger partial charge < -0.3 is 20.1 Å². The molecule has 0 saturated carbocycles. The van der Waals surface area contributed by atoms with E-state index < -0.39 is 6.10 Å². The number of hydrogen-bond donors (Lipinski definition) is 3. The molecule has 0 saturated heterocycles. The minimum atomic E-state index is -0.545. The van der Waals surface area contributed by atoms with Crippen molar-refractivity contribution in [3.63, 3.8) is 0 Å². The van der Waals surface area contributed by atoms with Crippen LogP contribution in [-0.4, -0.2) is 35.1 Å². The van der Waals surface area contributed by atoms with Gasteiger partial charge >= 0.3 is 0 Å². The number of phenolic OH excluding ortho intramolecular Hbond substituents is 1. The smallest absolute Gasteiger partial charge is 0.171 e. The monoisotopic (exact) mass is 432 g/mol. The van der Waals surface area contributed by atoms with Gasteiger partial charge in [0.1, 0.15) is 0 Å². The first-order chi connectivity index (χ1) is 11.0. The van der Waals surface area contributed by atoms with Crippen LogP contribution in [0, 0.1) is 3.57 Å². The van der Waals surface area contributed by atoms with E-state index in [9.17, 15) is 10.2 Å². The number of aliphatic hydroxyl groups excluding tert-OH is 2. The molecule has 4 nitrogen and oxygen atoms in total. The third-order valence-corrected chi connectivity index (χ3v) is 4.26. The largest absolute Gasteiger partial charge is 0.504 e. The van der Waals surface area contributed by atoms with E-state index in [0.717, 1.165) is 28.4 Å². The summed E-state index contributed by atoms with van der Waals surface area (Å²) in [6, 6.07) is 3.73. The quantitative estimate of drug-likeness (QED) is 0.409. The van der Waals surface area contributed by atoms with Gasteiger partial charge in [0.15, 0.2) is 11.5 Å². The highest BCUT2D eigenvalue weighted by Crippen LogP contribution is 2.33. The Kier molecular flexibility index (Phi) is 9.28. The van der Waals surface area contributed by atoms with Crippen molar-refractivity contribution in [1.29, 1.82) is 0 Å². The van der Waals surface area contributed by atoms with Crippen LogP contribution in [0.4, 0.5) is 0 Å². The number of allylic oxidation sites excluding steroid dienone is 1. The van der Waals surface area contributed by atoms with Crippen molar-refractivity contribution in [2.45, 2.75) is 38.7 Å². The number of phenols is 1. The zero-order valence-electron chi connectivity index (χ0n) is 13.6. The summed E-state index contributed by atoms with van der Waals surface area (Å²) in [5, 5.41) is 28.5. The molecule has 128 valence electrons. The second kappa shape index (κ2) is 10.7. The molecular weight excluding hydrogens is 407 g/mol. The Bertz CT molecular complexity index is 552. The Labute approximate surface area is 151 Å². The number of rotatable bonds is 9. The summed E-state index contributed by atoms with van der Waals surface area (Å²) in [4.78, 5) is 0. The Morgan fingerprint density at radius 3 is 2.70 bits per heavy atom. The van der Waals surface area contributed by atoms with E-state index in [0.29, 0.717) is 12.2 Å². The molecule has 1 rings (SSSR count). The first-order valence-electron chi connectivity index (χ1n) is 7.73. The van der Waals surface area contributed by atoms with Crippen LogP contribution in [0.3, 0.4) is 0 Å². The van der Waals surface area contributed by atoms with Crippen LogP contribution < -0.4 is 4.74 Å². The standard InChI is InChI=1S/C18H25IO4/c1-3-5-13(7-8-15(21)6-4-9-20)10-14-11-16(19)18(22)17(12-14)23-2/h4,6,10-12,15,20-22H,3,5,7-9H2,1-2H3/b6-4-,13-10+/t15-/m0/s1. The molecule has 1 aromatic carbocycles. The van der Waals surface area contributed by atoms with Gasteiger partial charge in [-0.3, -0.25) is 0 Å². The number of benzene rings is 1. The van der Waals surface area contributed by atoms with Crippen LogP contribution in [0.15, 0.2) is 29.9 Å². The average molecular weight is 432 g/mol. The molecule has 0 heterocycles. The van der Waals surface area contributed by atoms with Crippen molar-refractivity contribution in [2.75, 3.05) is 13.7 Å². The number of hydrogen-bond acceptors (Lipinski definition) is 4. The van der Waals surface area contributed by atoms with Crippen molar-refractivity contribution in [3.8, 4) is 11.5 Å². The molecule has 0 unspecified atom stereocenters. The number of methoxy groups -OCH3 is 1. The van der Waals surface area contributed by atoms with Crippen LogP contribution in [0.2, 0.25) is 0 Å².